The molecule has 2 atom stereocenters. The molecule has 20 heavy (non-hydrogen) atoms. The Morgan fingerprint density at radius 2 is 1.75 bits per heavy atom. The molecule has 0 bridgehead atoms. The van der Waals surface area contributed by atoms with Crippen LogP contribution in [0.2, 0.25) is 0 Å². The van der Waals surface area contributed by atoms with Gasteiger partial charge in [0.2, 0.25) is 11.8 Å². The van der Waals surface area contributed by atoms with Gasteiger partial charge < -0.3 is 15.5 Å². The van der Waals surface area contributed by atoms with Crippen molar-refractivity contribution < 1.29 is 9.59 Å². The van der Waals surface area contributed by atoms with E-state index in [4.69, 9.17) is 5.73 Å². The minimum atomic E-state index is -0.138. The van der Waals surface area contributed by atoms with Gasteiger partial charge in [0.1, 0.15) is 0 Å². The summed E-state index contributed by atoms with van der Waals surface area (Å²) in [5.41, 5.74) is 5.55. The van der Waals surface area contributed by atoms with E-state index in [1.165, 1.54) is 0 Å². The third-order valence-corrected chi connectivity index (χ3v) is 4.28. The Labute approximate surface area is 127 Å². The first-order chi connectivity index (χ1) is 9.13. The Balaban J connectivity index is 0.00000200. The second-order valence-corrected chi connectivity index (χ2v) is 5.79. The quantitative estimate of drug-likeness (QED) is 0.841. The predicted octanol–water partition coefficient (Wildman–Crippen LogP) is 0.864. The number of nitrogens with zero attached hydrogens (tertiary/aromatic N) is 2. The van der Waals surface area contributed by atoms with Crippen molar-refractivity contribution in [2.24, 2.45) is 17.6 Å². The van der Waals surface area contributed by atoms with E-state index in [2.05, 4.69) is 0 Å². The molecule has 2 aliphatic rings. The maximum atomic E-state index is 12.4. The van der Waals surface area contributed by atoms with E-state index < -0.39 is 0 Å². The van der Waals surface area contributed by atoms with E-state index in [0.29, 0.717) is 13.1 Å². The zero-order valence-electron chi connectivity index (χ0n) is 12.2. The zero-order chi connectivity index (χ0) is 13.8. The van der Waals surface area contributed by atoms with Crippen molar-refractivity contribution in [3.8, 4) is 0 Å². The van der Waals surface area contributed by atoms with Gasteiger partial charge in [-0.15, -0.1) is 12.4 Å². The van der Waals surface area contributed by atoms with Crippen LogP contribution in [0.15, 0.2) is 0 Å². The van der Waals surface area contributed by atoms with Crippen LogP contribution in [-0.4, -0.2) is 54.3 Å². The van der Waals surface area contributed by atoms with Gasteiger partial charge in [-0.25, -0.2) is 0 Å². The molecule has 2 aliphatic heterocycles. The number of carbonyl (C=O) groups excluding carboxylic acids is 2. The van der Waals surface area contributed by atoms with Crippen molar-refractivity contribution in [3.63, 3.8) is 0 Å². The van der Waals surface area contributed by atoms with Crippen molar-refractivity contribution >= 4 is 24.2 Å². The summed E-state index contributed by atoms with van der Waals surface area (Å²) in [7, 11) is 0. The topological polar surface area (TPSA) is 66.6 Å². The molecule has 0 aromatic heterocycles. The number of hydrogen-bond acceptors (Lipinski definition) is 3. The molecular formula is C14H26ClN3O2. The second kappa shape index (κ2) is 7.84. The van der Waals surface area contributed by atoms with E-state index >= 15 is 0 Å². The number of hydrogen-bond donors (Lipinski definition) is 1. The average Bonchev–Trinajstić information content (AvgIpc) is 2.99. The van der Waals surface area contributed by atoms with E-state index in [1.54, 1.807) is 0 Å². The SMILES string of the molecule is CC(CN)C(=O)N1CCCC(C(=O)N2CCCC2)C1.Cl. The van der Waals surface area contributed by atoms with Gasteiger partial charge in [-0.2, -0.15) is 0 Å². The summed E-state index contributed by atoms with van der Waals surface area (Å²) in [6.45, 7) is 5.37. The van der Waals surface area contributed by atoms with Crippen molar-refractivity contribution in [1.82, 2.24) is 9.80 Å². The van der Waals surface area contributed by atoms with Crippen LogP contribution in [0, 0.1) is 11.8 Å². The fourth-order valence-corrected chi connectivity index (χ4v) is 2.99. The van der Waals surface area contributed by atoms with Gasteiger partial charge >= 0.3 is 0 Å². The minimum absolute atomic E-state index is 0. The highest BCUT2D eigenvalue weighted by Gasteiger charge is 2.32. The molecular weight excluding hydrogens is 278 g/mol. The third kappa shape index (κ3) is 3.85. The monoisotopic (exact) mass is 303 g/mol. The van der Waals surface area contributed by atoms with E-state index in [1.807, 2.05) is 16.7 Å². The molecule has 0 aliphatic carbocycles. The summed E-state index contributed by atoms with van der Waals surface area (Å²) in [6.07, 6.45) is 4.07. The van der Waals surface area contributed by atoms with Crippen LogP contribution in [0.5, 0.6) is 0 Å². The molecule has 0 aromatic carbocycles. The van der Waals surface area contributed by atoms with E-state index in [0.717, 1.165) is 45.3 Å². The van der Waals surface area contributed by atoms with Gasteiger partial charge in [0.05, 0.1) is 5.92 Å². The Morgan fingerprint density at radius 1 is 1.15 bits per heavy atom. The van der Waals surface area contributed by atoms with Crippen LogP contribution in [0.4, 0.5) is 0 Å². The Bertz CT molecular complexity index is 345. The van der Waals surface area contributed by atoms with Crippen molar-refractivity contribution in [3.05, 3.63) is 0 Å². The number of rotatable bonds is 3. The van der Waals surface area contributed by atoms with Gasteiger partial charge in [-0.05, 0) is 25.7 Å². The Kier molecular flexibility index (Phi) is 6.76. The smallest absolute Gasteiger partial charge is 0.227 e. The molecule has 2 heterocycles. The van der Waals surface area contributed by atoms with Gasteiger partial charge in [0, 0.05) is 38.6 Å². The molecule has 2 saturated heterocycles. The van der Waals surface area contributed by atoms with Crippen LogP contribution in [0.3, 0.4) is 0 Å². The zero-order valence-corrected chi connectivity index (χ0v) is 13.0. The van der Waals surface area contributed by atoms with Crippen molar-refractivity contribution in [1.29, 1.82) is 0 Å². The summed E-state index contributed by atoms with van der Waals surface area (Å²) in [5, 5.41) is 0. The highest BCUT2D eigenvalue weighted by Crippen LogP contribution is 2.22. The summed E-state index contributed by atoms with van der Waals surface area (Å²) in [5.74, 6) is 0.207. The number of carbonyl (C=O) groups is 2. The summed E-state index contributed by atoms with van der Waals surface area (Å²) in [4.78, 5) is 28.3. The lowest BCUT2D eigenvalue weighted by Crippen LogP contribution is -2.48. The first-order valence-corrected chi connectivity index (χ1v) is 7.41. The lowest BCUT2D eigenvalue weighted by molar-refractivity contribution is -0.141. The normalized spacial score (nSPS) is 24.2. The number of piperidine rings is 1. The first-order valence-electron chi connectivity index (χ1n) is 7.41. The standard InChI is InChI=1S/C14H25N3O2.ClH/c1-11(9-15)13(18)17-8-4-5-12(10-17)14(19)16-6-2-3-7-16;/h11-12H,2-10,15H2,1H3;1H. The molecule has 0 saturated carbocycles. The molecule has 2 rings (SSSR count). The number of nitrogens with two attached hydrogens (primary N) is 1. The van der Waals surface area contributed by atoms with Gasteiger partial charge in [-0.3, -0.25) is 9.59 Å². The highest BCUT2D eigenvalue weighted by molar-refractivity contribution is 5.85. The molecule has 2 N–H and O–H groups in total. The Morgan fingerprint density at radius 3 is 2.35 bits per heavy atom. The Hall–Kier alpha value is -0.810. The van der Waals surface area contributed by atoms with E-state index in [9.17, 15) is 9.59 Å². The molecule has 0 aromatic rings. The lowest BCUT2D eigenvalue weighted by atomic mass is 9.95. The van der Waals surface area contributed by atoms with Crippen LogP contribution in [0.1, 0.15) is 32.6 Å². The number of amides is 2. The van der Waals surface area contributed by atoms with Gasteiger partial charge in [-0.1, -0.05) is 6.92 Å². The molecule has 5 nitrogen and oxygen atoms in total. The van der Waals surface area contributed by atoms with Crippen molar-refractivity contribution in [2.45, 2.75) is 32.6 Å². The summed E-state index contributed by atoms with van der Waals surface area (Å²) < 4.78 is 0. The molecule has 6 heteroatoms. The highest BCUT2D eigenvalue weighted by atomic mass is 35.5. The van der Waals surface area contributed by atoms with Crippen molar-refractivity contribution in [2.75, 3.05) is 32.7 Å². The molecule has 2 unspecified atom stereocenters. The third-order valence-electron chi connectivity index (χ3n) is 4.28. The van der Waals surface area contributed by atoms with Gasteiger partial charge in [0.15, 0.2) is 0 Å². The number of likely N-dealkylation sites (tertiary alicyclic amines) is 2. The molecule has 2 fully saturated rings. The number of halogens is 1. The van der Waals surface area contributed by atoms with Gasteiger partial charge in [0.25, 0.3) is 0 Å². The maximum absolute atomic E-state index is 12.4. The molecule has 0 radical (unpaired) electrons. The van der Waals surface area contributed by atoms with Crippen LogP contribution < -0.4 is 5.73 Å². The lowest BCUT2D eigenvalue weighted by Gasteiger charge is -2.35. The fraction of sp³-hybridized carbons (Fsp3) is 0.857. The predicted molar refractivity (Wildman–Crippen MR) is 80.6 cm³/mol. The molecule has 0 spiro atoms. The average molecular weight is 304 g/mol. The van der Waals surface area contributed by atoms with Crippen LogP contribution in [0.25, 0.3) is 0 Å². The van der Waals surface area contributed by atoms with E-state index in [-0.39, 0.29) is 36.1 Å². The molecule has 2 amide bonds. The summed E-state index contributed by atoms with van der Waals surface area (Å²) >= 11 is 0. The summed E-state index contributed by atoms with van der Waals surface area (Å²) in [6, 6.07) is 0. The minimum Gasteiger partial charge on any atom is -0.342 e. The molecule has 116 valence electrons. The fourth-order valence-electron chi connectivity index (χ4n) is 2.99. The second-order valence-electron chi connectivity index (χ2n) is 5.79. The largest absolute Gasteiger partial charge is 0.342 e. The van der Waals surface area contributed by atoms with Crippen LogP contribution >= 0.6 is 12.4 Å². The first kappa shape index (κ1) is 17.2. The maximum Gasteiger partial charge on any atom is 0.227 e. The van der Waals surface area contributed by atoms with Crippen LogP contribution in [-0.2, 0) is 9.59 Å².